The molecule has 5 nitrogen and oxygen atoms in total. The first-order chi connectivity index (χ1) is 10.3. The number of nitrogens with zero attached hydrogens (tertiary/aromatic N) is 3. The van der Waals surface area contributed by atoms with Gasteiger partial charge in [-0.2, -0.15) is 0 Å². The molecule has 2 atom stereocenters. The maximum Gasteiger partial charge on any atom is 0.124 e. The van der Waals surface area contributed by atoms with Crippen molar-refractivity contribution >= 4 is 6.29 Å². The van der Waals surface area contributed by atoms with Gasteiger partial charge >= 0.3 is 0 Å². The molecule has 114 valence electrons. The summed E-state index contributed by atoms with van der Waals surface area (Å²) in [7, 11) is 0. The first-order valence-electron chi connectivity index (χ1n) is 7.64. The number of hydrogen-bond acceptors (Lipinski definition) is 4. The molecule has 0 bridgehead atoms. The van der Waals surface area contributed by atoms with Crippen molar-refractivity contribution in [2.45, 2.75) is 25.8 Å². The number of aldehydes is 1. The van der Waals surface area contributed by atoms with Crippen molar-refractivity contribution in [3.63, 3.8) is 0 Å². The highest BCUT2D eigenvalue weighted by molar-refractivity contribution is 5.54. The second-order valence-electron chi connectivity index (χ2n) is 5.97. The molecule has 5 heteroatoms. The monoisotopic (exact) mass is 288 g/mol. The lowest BCUT2D eigenvalue weighted by atomic mass is 9.92. The molecule has 0 N–H and O–H groups in total. The molecule has 1 aromatic rings. The zero-order valence-electron chi connectivity index (χ0n) is 12.4. The third-order valence-electron chi connectivity index (χ3n) is 4.46. The van der Waals surface area contributed by atoms with Crippen LogP contribution in [0.2, 0.25) is 0 Å². The first-order valence-corrected chi connectivity index (χ1v) is 7.64. The molecule has 2 heterocycles. The third-order valence-corrected chi connectivity index (χ3v) is 4.46. The van der Waals surface area contributed by atoms with Gasteiger partial charge in [-0.1, -0.05) is 18.2 Å². The zero-order chi connectivity index (χ0) is 14.7. The number of piperidine rings is 1. The molecule has 0 amide bonds. The third kappa shape index (κ3) is 3.43. The summed E-state index contributed by atoms with van der Waals surface area (Å²) >= 11 is 0. The minimum Gasteiger partial charge on any atom is -0.575 e. The summed E-state index contributed by atoms with van der Waals surface area (Å²) in [6.45, 7) is 5.62. The van der Waals surface area contributed by atoms with Crippen molar-refractivity contribution < 1.29 is 9.63 Å². The Morgan fingerprint density at radius 3 is 2.90 bits per heavy atom. The van der Waals surface area contributed by atoms with Gasteiger partial charge in [0.25, 0.3) is 0 Å². The number of para-hydroxylation sites is 1. The van der Waals surface area contributed by atoms with Gasteiger partial charge in [0, 0.05) is 25.0 Å². The molecule has 0 spiro atoms. The number of carbonyl (C=O) groups excluding carboxylic acids is 1. The van der Waals surface area contributed by atoms with Crippen LogP contribution >= 0.6 is 0 Å². The van der Waals surface area contributed by atoms with Crippen molar-refractivity contribution in [3.05, 3.63) is 35.4 Å². The Hall–Kier alpha value is -1.43. The normalized spacial score (nSPS) is 27.1. The van der Waals surface area contributed by atoms with E-state index in [2.05, 4.69) is 10.5 Å². The van der Waals surface area contributed by atoms with E-state index in [1.165, 1.54) is 0 Å². The van der Waals surface area contributed by atoms with Crippen molar-refractivity contribution in [2.75, 3.05) is 26.2 Å². The number of hydrogen-bond donors (Lipinski definition) is 0. The number of carbonyl (C=O) groups is 1. The SMILES string of the molecule is Cc1ccccc1O[N-]N1CCN2C[C@@H](C=O)CCC2C1. The van der Waals surface area contributed by atoms with Crippen molar-refractivity contribution in [2.24, 2.45) is 5.92 Å². The number of piperazine rings is 1. The topological polar surface area (TPSA) is 46.9 Å². The largest absolute Gasteiger partial charge is 0.575 e. The van der Waals surface area contributed by atoms with E-state index in [4.69, 9.17) is 4.84 Å². The van der Waals surface area contributed by atoms with E-state index in [0.717, 1.165) is 56.6 Å². The second kappa shape index (κ2) is 6.56. The fourth-order valence-electron chi connectivity index (χ4n) is 3.14. The van der Waals surface area contributed by atoms with Gasteiger partial charge in [0.15, 0.2) is 0 Å². The lowest BCUT2D eigenvalue weighted by Gasteiger charge is -2.50. The summed E-state index contributed by atoms with van der Waals surface area (Å²) in [5.41, 5.74) is 5.37. The van der Waals surface area contributed by atoms with Crippen molar-refractivity contribution in [1.82, 2.24) is 9.91 Å². The molecule has 0 radical (unpaired) electrons. The van der Waals surface area contributed by atoms with Gasteiger partial charge in [-0.3, -0.25) is 4.90 Å². The average molecular weight is 288 g/mol. The first kappa shape index (κ1) is 14.5. The molecule has 1 unspecified atom stereocenters. The maximum atomic E-state index is 10.9. The Bertz CT molecular complexity index is 494. The van der Waals surface area contributed by atoms with Crippen LogP contribution in [0.4, 0.5) is 0 Å². The average Bonchev–Trinajstić information content (AvgIpc) is 2.53. The Balaban J connectivity index is 1.51. The van der Waals surface area contributed by atoms with Crippen LogP contribution in [0.3, 0.4) is 0 Å². The molecular weight excluding hydrogens is 266 g/mol. The summed E-state index contributed by atoms with van der Waals surface area (Å²) in [6, 6.07) is 8.40. The standard InChI is InChI=1S/C16H22N3O2/c1-13-4-2-3-5-16(13)21-17-19-9-8-18-10-14(12-20)6-7-15(18)11-19/h2-5,12,14-15H,6-11H2,1H3/q-1/t14-,15?/m0/s1. The quantitative estimate of drug-likeness (QED) is 0.629. The van der Waals surface area contributed by atoms with Crippen LogP contribution in [0.1, 0.15) is 18.4 Å². The molecule has 2 aliphatic heterocycles. The van der Waals surface area contributed by atoms with Crippen LogP contribution < -0.4 is 4.84 Å². The number of rotatable bonds is 4. The molecule has 2 aliphatic rings. The van der Waals surface area contributed by atoms with Gasteiger partial charge in [0.1, 0.15) is 12.0 Å². The fraction of sp³-hybridized carbons (Fsp3) is 0.562. The van der Waals surface area contributed by atoms with Gasteiger partial charge < -0.3 is 20.2 Å². The minimum atomic E-state index is 0.216. The molecule has 0 saturated carbocycles. The van der Waals surface area contributed by atoms with Crippen molar-refractivity contribution in [1.29, 1.82) is 0 Å². The molecule has 2 saturated heterocycles. The van der Waals surface area contributed by atoms with Crippen LogP contribution in [-0.2, 0) is 4.79 Å². The molecule has 1 aromatic carbocycles. The lowest BCUT2D eigenvalue weighted by Crippen LogP contribution is -2.55. The summed E-state index contributed by atoms with van der Waals surface area (Å²) in [4.78, 5) is 18.9. The smallest absolute Gasteiger partial charge is 0.124 e. The number of aryl methyl sites for hydroxylation is 1. The van der Waals surface area contributed by atoms with E-state index in [9.17, 15) is 4.79 Å². The van der Waals surface area contributed by atoms with E-state index >= 15 is 0 Å². The van der Waals surface area contributed by atoms with Crippen molar-refractivity contribution in [3.8, 4) is 5.75 Å². The number of fused-ring (bicyclic) bond motifs is 1. The van der Waals surface area contributed by atoms with E-state index in [-0.39, 0.29) is 5.92 Å². The highest BCUT2D eigenvalue weighted by atomic mass is 16.7. The second-order valence-corrected chi connectivity index (χ2v) is 5.97. The van der Waals surface area contributed by atoms with Gasteiger partial charge in [0.2, 0.25) is 0 Å². The summed E-state index contributed by atoms with van der Waals surface area (Å²) in [5, 5.41) is 2.01. The highest BCUT2D eigenvalue weighted by Gasteiger charge is 2.30. The Kier molecular flexibility index (Phi) is 4.53. The van der Waals surface area contributed by atoms with Gasteiger partial charge in [0.05, 0.1) is 0 Å². The Morgan fingerprint density at radius 1 is 1.24 bits per heavy atom. The molecule has 3 rings (SSSR count). The molecule has 2 fully saturated rings. The van der Waals surface area contributed by atoms with Crippen LogP contribution in [0.5, 0.6) is 5.75 Å². The highest BCUT2D eigenvalue weighted by Crippen LogP contribution is 2.26. The summed E-state index contributed by atoms with van der Waals surface area (Å²) < 4.78 is 0. The van der Waals surface area contributed by atoms with Gasteiger partial charge in [-0.05, 0) is 44.5 Å². The van der Waals surface area contributed by atoms with Gasteiger partial charge in [-0.15, -0.1) is 0 Å². The molecular formula is C16H22N3O2-. The van der Waals surface area contributed by atoms with Gasteiger partial charge in [-0.25, -0.2) is 0 Å². The number of benzene rings is 1. The maximum absolute atomic E-state index is 10.9. The van der Waals surface area contributed by atoms with Crippen LogP contribution in [0.25, 0.3) is 5.59 Å². The fourth-order valence-corrected chi connectivity index (χ4v) is 3.14. The summed E-state index contributed by atoms with van der Waals surface area (Å²) in [6.07, 6.45) is 3.17. The lowest BCUT2D eigenvalue weighted by molar-refractivity contribution is -0.113. The van der Waals surface area contributed by atoms with E-state index in [1.807, 2.05) is 36.2 Å². The molecule has 21 heavy (non-hydrogen) atoms. The summed E-state index contributed by atoms with van der Waals surface area (Å²) in [5.74, 6) is 1.03. The van der Waals surface area contributed by atoms with Crippen LogP contribution in [0.15, 0.2) is 24.3 Å². The predicted molar refractivity (Wildman–Crippen MR) is 80.9 cm³/mol. The van der Waals surface area contributed by atoms with Crippen LogP contribution in [-0.4, -0.2) is 48.4 Å². The predicted octanol–water partition coefficient (Wildman–Crippen LogP) is 2.17. The van der Waals surface area contributed by atoms with E-state index in [1.54, 1.807) is 0 Å². The minimum absolute atomic E-state index is 0.216. The Labute approximate surface area is 125 Å². The molecule has 0 aromatic heterocycles. The van der Waals surface area contributed by atoms with E-state index < -0.39 is 0 Å². The Morgan fingerprint density at radius 2 is 2.10 bits per heavy atom. The van der Waals surface area contributed by atoms with Crippen LogP contribution in [0, 0.1) is 12.8 Å². The van der Waals surface area contributed by atoms with E-state index in [0.29, 0.717) is 6.04 Å². The molecule has 0 aliphatic carbocycles. The zero-order valence-corrected chi connectivity index (χ0v) is 12.4.